The lowest BCUT2D eigenvalue weighted by Gasteiger charge is -2.36. The minimum Gasteiger partial charge on any atom is -0.368 e. The number of nitrogens with zero attached hydrogens (tertiary/aromatic N) is 5. The molecule has 0 N–H and O–H groups in total. The van der Waals surface area contributed by atoms with Gasteiger partial charge in [0.15, 0.2) is 5.69 Å². The molecule has 2 heterocycles. The average Bonchev–Trinajstić information content (AvgIpc) is 3.24. The molecule has 0 atom stereocenters. The lowest BCUT2D eigenvalue weighted by Crippen LogP contribution is -2.46. The standard InChI is InChI=1S/C22H24ClN5O/c23-19-9-4-5-10-21(19)27-15-13-26(14-16-27)11-6-12-28-24-17-20(25-28)22(29)18-7-2-1-3-8-18/h1-5,7-10,17H,6,11-16H2. The molecular formula is C22H24ClN5O. The van der Waals surface area contributed by atoms with Gasteiger partial charge in [-0.25, -0.2) is 0 Å². The van der Waals surface area contributed by atoms with Crippen LogP contribution < -0.4 is 4.90 Å². The second kappa shape index (κ2) is 9.20. The summed E-state index contributed by atoms with van der Waals surface area (Å²) in [5.74, 6) is -0.0902. The van der Waals surface area contributed by atoms with E-state index in [0.717, 1.165) is 49.9 Å². The average molecular weight is 410 g/mol. The van der Waals surface area contributed by atoms with Gasteiger partial charge in [0.05, 0.1) is 23.5 Å². The van der Waals surface area contributed by atoms with Crippen LogP contribution in [0, 0.1) is 0 Å². The number of rotatable bonds is 7. The first-order chi connectivity index (χ1) is 14.2. The van der Waals surface area contributed by atoms with Gasteiger partial charge in [-0.2, -0.15) is 9.90 Å². The summed E-state index contributed by atoms with van der Waals surface area (Å²) >= 11 is 6.31. The van der Waals surface area contributed by atoms with Crippen LogP contribution in [0.4, 0.5) is 5.69 Å². The van der Waals surface area contributed by atoms with E-state index < -0.39 is 0 Å². The molecule has 6 nitrogen and oxygen atoms in total. The first-order valence-corrected chi connectivity index (χ1v) is 10.3. The van der Waals surface area contributed by atoms with Gasteiger partial charge in [0, 0.05) is 38.3 Å². The van der Waals surface area contributed by atoms with E-state index in [1.807, 2.05) is 36.4 Å². The molecule has 1 aliphatic heterocycles. The summed E-state index contributed by atoms with van der Waals surface area (Å²) in [5, 5.41) is 9.41. The molecule has 0 aliphatic carbocycles. The second-order valence-electron chi connectivity index (χ2n) is 7.15. The topological polar surface area (TPSA) is 54.3 Å². The summed E-state index contributed by atoms with van der Waals surface area (Å²) in [5.41, 5.74) is 2.14. The van der Waals surface area contributed by atoms with E-state index in [1.54, 1.807) is 23.1 Å². The van der Waals surface area contributed by atoms with Crippen molar-refractivity contribution in [2.75, 3.05) is 37.6 Å². The van der Waals surface area contributed by atoms with Crippen LogP contribution in [-0.2, 0) is 6.54 Å². The molecule has 0 spiro atoms. The predicted molar refractivity (Wildman–Crippen MR) is 115 cm³/mol. The molecule has 0 unspecified atom stereocenters. The number of aromatic nitrogens is 3. The van der Waals surface area contributed by atoms with Crippen LogP contribution in [0.25, 0.3) is 0 Å². The first kappa shape index (κ1) is 19.6. The number of piperazine rings is 1. The molecule has 1 saturated heterocycles. The van der Waals surface area contributed by atoms with Crippen LogP contribution in [0.15, 0.2) is 60.8 Å². The van der Waals surface area contributed by atoms with Crippen LogP contribution in [0.2, 0.25) is 5.02 Å². The zero-order valence-electron chi connectivity index (χ0n) is 16.2. The Morgan fingerprint density at radius 2 is 1.66 bits per heavy atom. The van der Waals surface area contributed by atoms with Crippen LogP contribution in [0.3, 0.4) is 0 Å². The van der Waals surface area contributed by atoms with E-state index in [1.165, 1.54) is 0 Å². The molecule has 7 heteroatoms. The SMILES string of the molecule is O=C(c1ccccc1)c1cnn(CCCN2CCN(c3ccccc3Cl)CC2)n1. The number of hydrogen-bond donors (Lipinski definition) is 0. The van der Waals surface area contributed by atoms with Crippen LogP contribution >= 0.6 is 11.6 Å². The van der Waals surface area contributed by atoms with Gasteiger partial charge in [-0.1, -0.05) is 54.1 Å². The number of aryl methyl sites for hydroxylation is 1. The molecule has 2 aromatic carbocycles. The van der Waals surface area contributed by atoms with E-state index >= 15 is 0 Å². The highest BCUT2D eigenvalue weighted by molar-refractivity contribution is 6.33. The fourth-order valence-corrected chi connectivity index (χ4v) is 3.86. The van der Waals surface area contributed by atoms with Crippen molar-refractivity contribution in [1.82, 2.24) is 19.9 Å². The summed E-state index contributed by atoms with van der Waals surface area (Å²) in [4.78, 5) is 18.8. The van der Waals surface area contributed by atoms with Gasteiger partial charge in [0.25, 0.3) is 0 Å². The van der Waals surface area contributed by atoms with Crippen molar-refractivity contribution in [2.45, 2.75) is 13.0 Å². The number of ketones is 1. The van der Waals surface area contributed by atoms with Crippen molar-refractivity contribution in [2.24, 2.45) is 0 Å². The number of anilines is 1. The Kier molecular flexibility index (Phi) is 6.22. The Morgan fingerprint density at radius 1 is 0.931 bits per heavy atom. The Bertz CT molecular complexity index is 951. The monoisotopic (exact) mass is 409 g/mol. The lowest BCUT2D eigenvalue weighted by atomic mass is 10.1. The Labute approximate surface area is 175 Å². The number of benzene rings is 2. The van der Waals surface area contributed by atoms with Gasteiger partial charge >= 0.3 is 0 Å². The minimum atomic E-state index is -0.0902. The first-order valence-electron chi connectivity index (χ1n) is 9.92. The highest BCUT2D eigenvalue weighted by Gasteiger charge is 2.18. The third kappa shape index (κ3) is 4.83. The number of para-hydroxylation sites is 1. The fraction of sp³-hybridized carbons (Fsp3) is 0.318. The molecule has 0 bridgehead atoms. The van der Waals surface area contributed by atoms with Crippen molar-refractivity contribution >= 4 is 23.1 Å². The molecular weight excluding hydrogens is 386 g/mol. The molecule has 1 aliphatic rings. The van der Waals surface area contributed by atoms with Crippen molar-refractivity contribution in [1.29, 1.82) is 0 Å². The molecule has 1 fully saturated rings. The summed E-state index contributed by atoms with van der Waals surface area (Å²) in [6, 6.07) is 17.2. The molecule has 0 radical (unpaired) electrons. The molecule has 3 aromatic rings. The van der Waals surface area contributed by atoms with Gasteiger partial charge in [-0.05, 0) is 18.6 Å². The van der Waals surface area contributed by atoms with Gasteiger partial charge in [0.2, 0.25) is 5.78 Å². The Balaban J connectivity index is 1.23. The molecule has 29 heavy (non-hydrogen) atoms. The van der Waals surface area contributed by atoms with Crippen molar-refractivity contribution in [3.63, 3.8) is 0 Å². The summed E-state index contributed by atoms with van der Waals surface area (Å²) < 4.78 is 0. The highest BCUT2D eigenvalue weighted by atomic mass is 35.5. The fourth-order valence-electron chi connectivity index (χ4n) is 3.60. The van der Waals surface area contributed by atoms with Crippen LogP contribution in [0.1, 0.15) is 22.5 Å². The molecule has 1 aromatic heterocycles. The summed E-state index contributed by atoms with van der Waals surface area (Å²) in [7, 11) is 0. The third-order valence-corrected chi connectivity index (χ3v) is 5.52. The number of hydrogen-bond acceptors (Lipinski definition) is 5. The maximum atomic E-state index is 12.4. The molecule has 4 rings (SSSR count). The highest BCUT2D eigenvalue weighted by Crippen LogP contribution is 2.26. The van der Waals surface area contributed by atoms with Crippen LogP contribution in [-0.4, -0.2) is 58.4 Å². The lowest BCUT2D eigenvalue weighted by molar-refractivity contribution is 0.103. The van der Waals surface area contributed by atoms with Crippen molar-refractivity contribution in [3.8, 4) is 0 Å². The quantitative estimate of drug-likeness (QED) is 0.560. The maximum absolute atomic E-state index is 12.4. The van der Waals surface area contributed by atoms with Crippen molar-refractivity contribution < 1.29 is 4.79 Å². The smallest absolute Gasteiger partial charge is 0.214 e. The molecule has 0 amide bonds. The van der Waals surface area contributed by atoms with Crippen molar-refractivity contribution in [3.05, 3.63) is 77.1 Å². The minimum absolute atomic E-state index is 0.0902. The van der Waals surface area contributed by atoms with E-state index in [2.05, 4.69) is 26.1 Å². The van der Waals surface area contributed by atoms with Crippen LogP contribution in [0.5, 0.6) is 0 Å². The normalized spacial score (nSPS) is 14.9. The summed E-state index contributed by atoms with van der Waals surface area (Å²) in [6.07, 6.45) is 2.50. The summed E-state index contributed by atoms with van der Waals surface area (Å²) in [6.45, 7) is 5.65. The van der Waals surface area contributed by atoms with E-state index in [-0.39, 0.29) is 5.78 Å². The third-order valence-electron chi connectivity index (χ3n) is 5.20. The number of halogens is 1. The Hall–Kier alpha value is -2.70. The van der Waals surface area contributed by atoms with E-state index in [0.29, 0.717) is 17.8 Å². The second-order valence-corrected chi connectivity index (χ2v) is 7.56. The number of carbonyl (C=O) groups is 1. The van der Waals surface area contributed by atoms with Gasteiger partial charge in [0.1, 0.15) is 0 Å². The number of carbonyl (C=O) groups excluding carboxylic acids is 1. The Morgan fingerprint density at radius 3 is 2.41 bits per heavy atom. The maximum Gasteiger partial charge on any atom is 0.214 e. The van der Waals surface area contributed by atoms with Gasteiger partial charge in [-0.15, -0.1) is 5.10 Å². The van der Waals surface area contributed by atoms with Gasteiger partial charge in [-0.3, -0.25) is 9.69 Å². The largest absolute Gasteiger partial charge is 0.368 e. The zero-order valence-corrected chi connectivity index (χ0v) is 17.0. The van der Waals surface area contributed by atoms with E-state index in [4.69, 9.17) is 11.6 Å². The van der Waals surface area contributed by atoms with E-state index in [9.17, 15) is 4.79 Å². The predicted octanol–water partition coefficient (Wildman–Crippen LogP) is 3.37. The molecule has 150 valence electrons. The van der Waals surface area contributed by atoms with Gasteiger partial charge < -0.3 is 4.90 Å². The zero-order chi connectivity index (χ0) is 20.1. The molecule has 0 saturated carbocycles.